The lowest BCUT2D eigenvalue weighted by atomic mass is 9.72. The number of nitrogens with one attached hydrogen (secondary N) is 1. The van der Waals surface area contributed by atoms with Crippen molar-refractivity contribution < 1.29 is 0 Å². The van der Waals surface area contributed by atoms with Crippen LogP contribution in [0.1, 0.15) is 57.4 Å². The van der Waals surface area contributed by atoms with Gasteiger partial charge in [0, 0.05) is 11.4 Å². The quantitative estimate of drug-likeness (QED) is 0.566. The number of halogens is 1. The molecule has 2 aromatic heterocycles. The largest absolute Gasteiger partial charge is 0.369 e. The van der Waals surface area contributed by atoms with Gasteiger partial charge in [-0.2, -0.15) is 0 Å². The van der Waals surface area contributed by atoms with E-state index in [9.17, 15) is 0 Å². The highest BCUT2D eigenvalue weighted by Crippen LogP contribution is 2.44. The fourth-order valence-corrected chi connectivity index (χ4v) is 4.92. The second kappa shape index (κ2) is 6.56. The van der Waals surface area contributed by atoms with Crippen LogP contribution in [0.4, 0.5) is 5.82 Å². The Morgan fingerprint density at radius 2 is 2.09 bits per heavy atom. The van der Waals surface area contributed by atoms with Crippen LogP contribution in [-0.4, -0.2) is 16.5 Å². The van der Waals surface area contributed by atoms with Gasteiger partial charge in [0.2, 0.25) is 5.28 Å². The fraction of sp³-hybridized carbons (Fsp3) is 0.667. The van der Waals surface area contributed by atoms with E-state index in [-0.39, 0.29) is 0 Å². The van der Waals surface area contributed by atoms with E-state index in [1.807, 2.05) is 11.3 Å². The number of aromatic nitrogens is 2. The van der Waals surface area contributed by atoms with Crippen LogP contribution >= 0.6 is 22.9 Å². The maximum Gasteiger partial charge on any atom is 0.225 e. The molecule has 5 heteroatoms. The molecule has 1 atom stereocenters. The van der Waals surface area contributed by atoms with Crippen molar-refractivity contribution in [1.29, 1.82) is 0 Å². The third-order valence-electron chi connectivity index (χ3n) is 4.93. The molecule has 0 aromatic carbocycles. The number of unbranched alkanes of at least 4 members (excludes halogenated alkanes) is 1. The first kappa shape index (κ1) is 17.0. The molecule has 0 saturated carbocycles. The number of rotatable bonds is 4. The molecular formula is C18H26ClN3S. The smallest absolute Gasteiger partial charge is 0.225 e. The summed E-state index contributed by atoms with van der Waals surface area (Å²) in [5.41, 5.74) is 1.82. The summed E-state index contributed by atoms with van der Waals surface area (Å²) < 4.78 is 0. The molecule has 1 aliphatic rings. The first-order valence-corrected chi connectivity index (χ1v) is 9.81. The highest BCUT2D eigenvalue weighted by atomic mass is 35.5. The van der Waals surface area contributed by atoms with E-state index in [0.717, 1.165) is 42.4 Å². The molecule has 1 aliphatic carbocycles. The summed E-state index contributed by atoms with van der Waals surface area (Å²) in [4.78, 5) is 11.5. The molecule has 0 spiro atoms. The molecule has 2 aromatic rings. The van der Waals surface area contributed by atoms with Gasteiger partial charge in [-0.05, 0) is 54.2 Å². The molecule has 3 rings (SSSR count). The molecule has 126 valence electrons. The van der Waals surface area contributed by atoms with Crippen molar-refractivity contribution in [2.75, 3.05) is 11.9 Å². The van der Waals surface area contributed by atoms with Gasteiger partial charge < -0.3 is 5.32 Å². The average Bonchev–Trinajstić information content (AvgIpc) is 2.83. The highest BCUT2D eigenvalue weighted by Gasteiger charge is 2.31. The summed E-state index contributed by atoms with van der Waals surface area (Å²) in [7, 11) is 0. The number of hydrogen-bond acceptors (Lipinski definition) is 4. The van der Waals surface area contributed by atoms with Crippen LogP contribution in [0.5, 0.6) is 0 Å². The van der Waals surface area contributed by atoms with Crippen LogP contribution in [0, 0.1) is 11.3 Å². The van der Waals surface area contributed by atoms with Crippen molar-refractivity contribution in [3.8, 4) is 0 Å². The topological polar surface area (TPSA) is 37.8 Å². The van der Waals surface area contributed by atoms with E-state index >= 15 is 0 Å². The van der Waals surface area contributed by atoms with E-state index in [2.05, 4.69) is 43.0 Å². The van der Waals surface area contributed by atoms with Crippen molar-refractivity contribution in [3.05, 3.63) is 15.7 Å². The van der Waals surface area contributed by atoms with Gasteiger partial charge in [0.05, 0.1) is 5.39 Å². The molecule has 2 heterocycles. The molecule has 23 heavy (non-hydrogen) atoms. The molecule has 0 radical (unpaired) electrons. The van der Waals surface area contributed by atoms with Crippen molar-refractivity contribution in [2.45, 2.75) is 59.8 Å². The number of fused-ring (bicyclic) bond motifs is 3. The van der Waals surface area contributed by atoms with Gasteiger partial charge in [0.15, 0.2) is 0 Å². The maximum absolute atomic E-state index is 6.15. The zero-order valence-electron chi connectivity index (χ0n) is 14.5. The summed E-state index contributed by atoms with van der Waals surface area (Å²) >= 11 is 7.96. The third kappa shape index (κ3) is 3.48. The molecule has 3 nitrogen and oxygen atoms in total. The molecule has 0 fully saturated rings. The van der Waals surface area contributed by atoms with Gasteiger partial charge in [-0.1, -0.05) is 34.1 Å². The number of thiophene rings is 1. The molecule has 1 N–H and O–H groups in total. The number of aryl methyl sites for hydroxylation is 1. The predicted molar refractivity (Wildman–Crippen MR) is 101 cm³/mol. The average molecular weight is 352 g/mol. The molecule has 0 amide bonds. The van der Waals surface area contributed by atoms with Gasteiger partial charge in [-0.15, -0.1) is 11.3 Å². The van der Waals surface area contributed by atoms with Gasteiger partial charge in [0.25, 0.3) is 0 Å². The Bertz CT molecular complexity index is 702. The fourth-order valence-electron chi connectivity index (χ4n) is 3.40. The first-order chi connectivity index (χ1) is 10.9. The third-order valence-corrected chi connectivity index (χ3v) is 6.25. The second-order valence-corrected chi connectivity index (χ2v) is 9.03. The van der Waals surface area contributed by atoms with E-state index in [4.69, 9.17) is 11.6 Å². The van der Waals surface area contributed by atoms with Crippen molar-refractivity contribution >= 4 is 39.0 Å². The lowest BCUT2D eigenvalue weighted by molar-refractivity contribution is 0.218. The molecule has 0 aliphatic heterocycles. The Morgan fingerprint density at radius 3 is 2.78 bits per heavy atom. The van der Waals surface area contributed by atoms with Crippen LogP contribution in [0.25, 0.3) is 10.2 Å². The SMILES string of the molecule is CCCCNc1nc(Cl)nc2sc3c(c12)CCC(C(C)(C)C)C3. The van der Waals surface area contributed by atoms with Gasteiger partial charge in [-0.3, -0.25) is 0 Å². The Balaban J connectivity index is 1.99. The van der Waals surface area contributed by atoms with Crippen LogP contribution in [0.3, 0.4) is 0 Å². The Kier molecular flexibility index (Phi) is 4.84. The van der Waals surface area contributed by atoms with E-state index in [1.54, 1.807) is 0 Å². The number of hydrogen-bond donors (Lipinski definition) is 1. The summed E-state index contributed by atoms with van der Waals surface area (Å²) in [6.07, 6.45) is 5.85. The molecular weight excluding hydrogens is 326 g/mol. The lowest BCUT2D eigenvalue weighted by Gasteiger charge is -2.33. The van der Waals surface area contributed by atoms with E-state index in [1.165, 1.54) is 28.7 Å². The first-order valence-electron chi connectivity index (χ1n) is 8.61. The lowest BCUT2D eigenvalue weighted by Crippen LogP contribution is -2.26. The minimum Gasteiger partial charge on any atom is -0.369 e. The molecule has 1 unspecified atom stereocenters. The van der Waals surface area contributed by atoms with Crippen LogP contribution < -0.4 is 5.32 Å². The molecule has 0 saturated heterocycles. The normalized spacial score (nSPS) is 18.2. The monoisotopic (exact) mass is 351 g/mol. The summed E-state index contributed by atoms with van der Waals surface area (Å²) in [5.74, 6) is 1.67. The maximum atomic E-state index is 6.15. The Morgan fingerprint density at radius 1 is 1.30 bits per heavy atom. The van der Waals surface area contributed by atoms with Crippen LogP contribution in [0.2, 0.25) is 5.28 Å². The van der Waals surface area contributed by atoms with Gasteiger partial charge >= 0.3 is 0 Å². The van der Waals surface area contributed by atoms with Crippen molar-refractivity contribution in [2.24, 2.45) is 11.3 Å². The van der Waals surface area contributed by atoms with Gasteiger partial charge in [-0.25, -0.2) is 9.97 Å². The van der Waals surface area contributed by atoms with Crippen LogP contribution in [0.15, 0.2) is 0 Å². The molecule has 0 bridgehead atoms. The summed E-state index contributed by atoms with van der Waals surface area (Å²) in [6.45, 7) is 10.2. The van der Waals surface area contributed by atoms with Crippen LogP contribution in [-0.2, 0) is 12.8 Å². The van der Waals surface area contributed by atoms with Crippen molar-refractivity contribution in [3.63, 3.8) is 0 Å². The van der Waals surface area contributed by atoms with E-state index < -0.39 is 0 Å². The predicted octanol–water partition coefficient (Wildman–Crippen LogP) is 5.71. The number of nitrogens with zero attached hydrogens (tertiary/aromatic N) is 2. The summed E-state index contributed by atoms with van der Waals surface area (Å²) in [6, 6.07) is 0. The van der Waals surface area contributed by atoms with Gasteiger partial charge in [0.1, 0.15) is 10.6 Å². The standard InChI is InChI=1S/C18H26ClN3S/c1-5-6-9-20-15-14-12-8-7-11(18(2,3)4)10-13(12)23-16(14)22-17(19)21-15/h11H,5-10H2,1-4H3,(H,20,21,22). The highest BCUT2D eigenvalue weighted by molar-refractivity contribution is 7.19. The zero-order valence-corrected chi connectivity index (χ0v) is 16.1. The second-order valence-electron chi connectivity index (χ2n) is 7.61. The number of anilines is 1. The minimum atomic E-state index is 0.350. The summed E-state index contributed by atoms with van der Waals surface area (Å²) in [5, 5.41) is 5.05. The Labute approximate surface area is 147 Å². The Hall–Kier alpha value is -0.870. The van der Waals surface area contributed by atoms with Crippen molar-refractivity contribution in [1.82, 2.24) is 9.97 Å². The minimum absolute atomic E-state index is 0.350. The van der Waals surface area contributed by atoms with E-state index in [0.29, 0.717) is 10.7 Å². The zero-order chi connectivity index (χ0) is 16.6.